The standard InChI is InChI=1S/C28H14O4/c29-25-13-23(27(31)21-11-17-7-3-1-5-15(17)9-19(21)25)24-14-26(30)20-10-16-6-2-4-8-18(16)12-22(20)28(24)32/h1-14H. The van der Waals surface area contributed by atoms with Crippen LogP contribution in [0.2, 0.25) is 0 Å². The molecule has 0 fully saturated rings. The summed E-state index contributed by atoms with van der Waals surface area (Å²) in [5.41, 5.74) is 1.04. The number of hydrogen-bond donors (Lipinski definition) is 0. The third-order valence-electron chi connectivity index (χ3n) is 6.12. The summed E-state index contributed by atoms with van der Waals surface area (Å²) in [6.07, 6.45) is 2.37. The molecule has 0 unspecified atom stereocenters. The van der Waals surface area contributed by atoms with Gasteiger partial charge in [0, 0.05) is 33.4 Å². The summed E-state index contributed by atoms with van der Waals surface area (Å²) in [6.45, 7) is 0. The first-order valence-corrected chi connectivity index (χ1v) is 10.2. The molecular formula is C28H14O4. The van der Waals surface area contributed by atoms with Gasteiger partial charge in [0.25, 0.3) is 0 Å². The Hall–Kier alpha value is -4.44. The predicted molar refractivity (Wildman–Crippen MR) is 121 cm³/mol. The molecule has 0 radical (unpaired) electrons. The van der Waals surface area contributed by atoms with E-state index in [1.165, 1.54) is 12.2 Å². The SMILES string of the molecule is O=C1C=C(C2=CC(=O)c3cc4ccccc4cc3C2=O)C(=O)c2cc3ccccc3cc21. The topological polar surface area (TPSA) is 68.3 Å². The first-order chi connectivity index (χ1) is 15.5. The van der Waals surface area contributed by atoms with Gasteiger partial charge in [-0.3, -0.25) is 19.2 Å². The Kier molecular flexibility index (Phi) is 3.74. The monoisotopic (exact) mass is 414 g/mol. The van der Waals surface area contributed by atoms with Crippen molar-refractivity contribution in [3.8, 4) is 0 Å². The van der Waals surface area contributed by atoms with Gasteiger partial charge in [-0.25, -0.2) is 0 Å². The fourth-order valence-electron chi connectivity index (χ4n) is 4.50. The summed E-state index contributed by atoms with van der Waals surface area (Å²) >= 11 is 0. The van der Waals surface area contributed by atoms with E-state index in [1.807, 2.05) is 48.5 Å². The molecule has 2 aliphatic carbocycles. The number of allylic oxidation sites excluding steroid dienone is 4. The largest absolute Gasteiger partial charge is 0.289 e. The average molecular weight is 414 g/mol. The van der Waals surface area contributed by atoms with Crippen molar-refractivity contribution in [1.29, 1.82) is 0 Å². The average Bonchev–Trinajstić information content (AvgIpc) is 2.82. The molecule has 150 valence electrons. The van der Waals surface area contributed by atoms with Crippen LogP contribution in [0.5, 0.6) is 0 Å². The van der Waals surface area contributed by atoms with E-state index in [9.17, 15) is 19.2 Å². The van der Waals surface area contributed by atoms with Gasteiger partial charge in [0.1, 0.15) is 0 Å². The fourth-order valence-corrected chi connectivity index (χ4v) is 4.50. The lowest BCUT2D eigenvalue weighted by Gasteiger charge is -2.21. The molecule has 6 rings (SSSR count). The van der Waals surface area contributed by atoms with Gasteiger partial charge in [0.15, 0.2) is 23.1 Å². The van der Waals surface area contributed by atoms with E-state index in [0.717, 1.165) is 21.5 Å². The summed E-state index contributed by atoms with van der Waals surface area (Å²) < 4.78 is 0. The predicted octanol–water partition coefficient (Wildman–Crippen LogP) is 5.30. The Bertz CT molecular complexity index is 1510. The van der Waals surface area contributed by atoms with Crippen molar-refractivity contribution in [3.63, 3.8) is 0 Å². The number of Topliss-reactive ketones (excluding diaryl/α,β-unsaturated/α-hetero) is 2. The number of fused-ring (bicyclic) bond motifs is 4. The van der Waals surface area contributed by atoms with E-state index in [1.54, 1.807) is 24.3 Å². The highest BCUT2D eigenvalue weighted by atomic mass is 16.1. The molecule has 4 heteroatoms. The maximum atomic E-state index is 13.4. The van der Waals surface area contributed by atoms with Crippen LogP contribution >= 0.6 is 0 Å². The number of ketones is 4. The molecule has 4 aromatic carbocycles. The third-order valence-corrected chi connectivity index (χ3v) is 6.12. The molecule has 0 aliphatic heterocycles. The van der Waals surface area contributed by atoms with E-state index >= 15 is 0 Å². The zero-order valence-electron chi connectivity index (χ0n) is 16.7. The maximum absolute atomic E-state index is 13.4. The lowest BCUT2D eigenvalue weighted by molar-refractivity contribution is 0.0962. The molecule has 0 atom stereocenters. The first kappa shape index (κ1) is 18.3. The van der Waals surface area contributed by atoms with Crippen molar-refractivity contribution < 1.29 is 19.2 Å². The van der Waals surface area contributed by atoms with E-state index in [4.69, 9.17) is 0 Å². The van der Waals surface area contributed by atoms with E-state index in [2.05, 4.69) is 0 Å². The molecule has 0 bridgehead atoms. The minimum atomic E-state index is -0.429. The molecule has 0 amide bonds. The molecule has 2 aliphatic rings. The van der Waals surface area contributed by atoms with Crippen LogP contribution in [-0.2, 0) is 0 Å². The van der Waals surface area contributed by atoms with Gasteiger partial charge in [-0.2, -0.15) is 0 Å². The number of benzene rings is 4. The van der Waals surface area contributed by atoms with Crippen LogP contribution in [-0.4, -0.2) is 23.1 Å². The molecule has 0 spiro atoms. The van der Waals surface area contributed by atoms with Crippen LogP contribution in [0, 0.1) is 0 Å². The minimum Gasteiger partial charge on any atom is -0.289 e. The summed E-state index contributed by atoms with van der Waals surface area (Å²) in [5, 5.41) is 3.36. The maximum Gasteiger partial charge on any atom is 0.194 e. The second-order valence-electron chi connectivity index (χ2n) is 7.99. The Morgan fingerprint density at radius 2 is 0.719 bits per heavy atom. The smallest absolute Gasteiger partial charge is 0.194 e. The van der Waals surface area contributed by atoms with Crippen molar-refractivity contribution in [2.45, 2.75) is 0 Å². The van der Waals surface area contributed by atoms with Crippen LogP contribution < -0.4 is 0 Å². The van der Waals surface area contributed by atoms with Gasteiger partial charge in [-0.1, -0.05) is 48.5 Å². The van der Waals surface area contributed by atoms with E-state index < -0.39 is 11.6 Å². The molecule has 0 saturated carbocycles. The van der Waals surface area contributed by atoms with Crippen LogP contribution in [0.1, 0.15) is 41.4 Å². The second kappa shape index (κ2) is 6.53. The summed E-state index contributed by atoms with van der Waals surface area (Å²) in [4.78, 5) is 52.5. The van der Waals surface area contributed by atoms with Crippen molar-refractivity contribution in [2.75, 3.05) is 0 Å². The van der Waals surface area contributed by atoms with Gasteiger partial charge in [0.05, 0.1) is 0 Å². The highest BCUT2D eigenvalue weighted by molar-refractivity contribution is 6.35. The van der Waals surface area contributed by atoms with E-state index in [-0.39, 0.29) is 33.8 Å². The Balaban J connectivity index is 1.50. The molecule has 0 heterocycles. The van der Waals surface area contributed by atoms with Crippen LogP contribution in [0.4, 0.5) is 0 Å². The van der Waals surface area contributed by atoms with E-state index in [0.29, 0.717) is 11.1 Å². The summed E-state index contributed by atoms with van der Waals surface area (Å²) in [7, 11) is 0. The zero-order chi connectivity index (χ0) is 22.0. The quantitative estimate of drug-likeness (QED) is 0.424. The number of carbonyl (C=O) groups excluding carboxylic acids is 4. The van der Waals surface area contributed by atoms with Crippen molar-refractivity contribution in [1.82, 2.24) is 0 Å². The molecule has 0 N–H and O–H groups in total. The lowest BCUT2D eigenvalue weighted by Crippen LogP contribution is -2.25. The molecule has 0 aromatic heterocycles. The normalized spacial score (nSPS) is 15.5. The number of hydrogen-bond acceptors (Lipinski definition) is 4. The van der Waals surface area contributed by atoms with Gasteiger partial charge >= 0.3 is 0 Å². The fraction of sp³-hybridized carbons (Fsp3) is 0. The molecule has 4 aromatic rings. The highest BCUT2D eigenvalue weighted by Crippen LogP contribution is 2.34. The summed E-state index contributed by atoms with van der Waals surface area (Å²) in [5.74, 6) is -1.57. The highest BCUT2D eigenvalue weighted by Gasteiger charge is 2.34. The van der Waals surface area contributed by atoms with Gasteiger partial charge in [-0.05, 0) is 58.0 Å². The molecule has 0 saturated heterocycles. The summed E-state index contributed by atoms with van der Waals surface area (Å²) in [6, 6.07) is 21.7. The minimum absolute atomic E-state index is 0.0325. The van der Waals surface area contributed by atoms with Crippen molar-refractivity contribution in [2.24, 2.45) is 0 Å². The Morgan fingerprint density at radius 3 is 1.06 bits per heavy atom. The van der Waals surface area contributed by atoms with Crippen molar-refractivity contribution in [3.05, 3.63) is 118 Å². The Morgan fingerprint density at radius 1 is 0.406 bits per heavy atom. The van der Waals surface area contributed by atoms with Gasteiger partial charge < -0.3 is 0 Å². The Labute approximate surface area is 182 Å². The third kappa shape index (κ3) is 2.56. The van der Waals surface area contributed by atoms with Crippen molar-refractivity contribution >= 4 is 44.7 Å². The molecular weight excluding hydrogens is 400 g/mol. The van der Waals surface area contributed by atoms with Gasteiger partial charge in [-0.15, -0.1) is 0 Å². The van der Waals surface area contributed by atoms with Crippen LogP contribution in [0.3, 0.4) is 0 Å². The lowest BCUT2D eigenvalue weighted by atomic mass is 9.79. The number of carbonyl (C=O) groups is 4. The number of rotatable bonds is 1. The van der Waals surface area contributed by atoms with Crippen LogP contribution in [0.15, 0.2) is 96.1 Å². The molecule has 32 heavy (non-hydrogen) atoms. The van der Waals surface area contributed by atoms with Gasteiger partial charge in [0.2, 0.25) is 0 Å². The molecule has 4 nitrogen and oxygen atoms in total. The zero-order valence-corrected chi connectivity index (χ0v) is 16.7. The first-order valence-electron chi connectivity index (χ1n) is 10.2. The van der Waals surface area contributed by atoms with Crippen LogP contribution in [0.25, 0.3) is 21.5 Å². The second-order valence-corrected chi connectivity index (χ2v) is 7.99.